The Morgan fingerprint density at radius 2 is 1.97 bits per heavy atom. The number of hydrogen-bond donors (Lipinski definition) is 2. The van der Waals surface area contributed by atoms with Crippen molar-refractivity contribution in [2.24, 2.45) is 0 Å². The Morgan fingerprint density at radius 1 is 1.23 bits per heavy atom. The zero-order chi connectivity index (χ0) is 22.2. The zero-order valence-corrected chi connectivity index (χ0v) is 18.4. The third-order valence-corrected chi connectivity index (χ3v) is 6.06. The van der Waals surface area contributed by atoms with E-state index in [0.717, 1.165) is 37.5 Å². The minimum atomic E-state index is -0.493. The van der Waals surface area contributed by atoms with Gasteiger partial charge in [0.1, 0.15) is 11.6 Å². The summed E-state index contributed by atoms with van der Waals surface area (Å²) in [7, 11) is 0. The van der Waals surface area contributed by atoms with Crippen molar-refractivity contribution < 1.29 is 24.0 Å². The van der Waals surface area contributed by atoms with Gasteiger partial charge in [-0.15, -0.1) is 10.2 Å². The molecule has 3 aliphatic rings. The molecule has 3 amide bonds. The normalized spacial score (nSPS) is 25.2. The first-order valence-electron chi connectivity index (χ1n) is 11.0. The van der Waals surface area contributed by atoms with E-state index in [9.17, 15) is 14.8 Å². The largest absolute Gasteiger partial charge is 0.444 e. The average molecular weight is 437 g/mol. The highest BCUT2D eigenvalue weighted by molar-refractivity contribution is 5.76. The molecule has 0 saturated carbocycles. The van der Waals surface area contributed by atoms with Crippen LogP contribution in [0.1, 0.15) is 64.3 Å². The molecular formula is C20H32N6O5. The first-order valence-corrected chi connectivity index (χ1v) is 11.0. The Balaban J connectivity index is 1.21. The number of carbonyl (C=O) groups is 2. The summed E-state index contributed by atoms with van der Waals surface area (Å²) in [5, 5.41) is 21.9. The van der Waals surface area contributed by atoms with Gasteiger partial charge < -0.3 is 24.3 Å². The van der Waals surface area contributed by atoms with E-state index in [1.807, 2.05) is 20.8 Å². The summed E-state index contributed by atoms with van der Waals surface area (Å²) in [5.74, 6) is 0.996. The summed E-state index contributed by atoms with van der Waals surface area (Å²) in [6.45, 7) is 8.60. The number of rotatable bonds is 5. The molecule has 2 atom stereocenters. The van der Waals surface area contributed by atoms with Crippen LogP contribution in [0.5, 0.6) is 0 Å². The minimum Gasteiger partial charge on any atom is -0.444 e. The third kappa shape index (κ3) is 5.09. The quantitative estimate of drug-likeness (QED) is 0.671. The van der Waals surface area contributed by atoms with E-state index in [0.29, 0.717) is 37.6 Å². The predicted molar refractivity (Wildman–Crippen MR) is 108 cm³/mol. The summed E-state index contributed by atoms with van der Waals surface area (Å²) in [6, 6.07) is -0.675. The van der Waals surface area contributed by atoms with Crippen molar-refractivity contribution in [3.8, 4) is 0 Å². The van der Waals surface area contributed by atoms with E-state index in [1.165, 1.54) is 0 Å². The summed E-state index contributed by atoms with van der Waals surface area (Å²) >= 11 is 0. The molecule has 0 radical (unpaired) electrons. The minimum absolute atomic E-state index is 0.125. The highest BCUT2D eigenvalue weighted by Gasteiger charge is 2.46. The SMILES string of the molecule is CC(C)(C)OC(=O)NC1CCN(CCc2nnc(C3CCC4CN3C(=O)N4O)o2)CC1. The van der Waals surface area contributed by atoms with Crippen molar-refractivity contribution in [2.45, 2.75) is 76.6 Å². The number of fused-ring (bicyclic) bond motifs is 2. The van der Waals surface area contributed by atoms with Crippen molar-refractivity contribution in [1.82, 2.24) is 30.4 Å². The molecule has 3 saturated heterocycles. The Hall–Kier alpha value is -2.40. The zero-order valence-electron chi connectivity index (χ0n) is 18.4. The Kier molecular flexibility index (Phi) is 6.07. The van der Waals surface area contributed by atoms with Crippen molar-refractivity contribution in [3.63, 3.8) is 0 Å². The maximum absolute atomic E-state index is 12.1. The van der Waals surface area contributed by atoms with Gasteiger partial charge in [-0.3, -0.25) is 5.21 Å². The van der Waals surface area contributed by atoms with Gasteiger partial charge in [-0.25, -0.2) is 14.7 Å². The fourth-order valence-corrected chi connectivity index (χ4v) is 4.44. The molecule has 4 rings (SSSR count). The van der Waals surface area contributed by atoms with Crippen molar-refractivity contribution in [1.29, 1.82) is 0 Å². The number of aromatic nitrogens is 2. The van der Waals surface area contributed by atoms with E-state index in [1.54, 1.807) is 4.90 Å². The molecule has 2 unspecified atom stereocenters. The maximum Gasteiger partial charge on any atom is 0.407 e. The van der Waals surface area contributed by atoms with Crippen LogP contribution in [0.4, 0.5) is 9.59 Å². The highest BCUT2D eigenvalue weighted by Crippen LogP contribution is 2.36. The lowest BCUT2D eigenvalue weighted by atomic mass is 10.0. The second-order valence-corrected chi connectivity index (χ2v) is 9.57. The fourth-order valence-electron chi connectivity index (χ4n) is 4.44. The van der Waals surface area contributed by atoms with Crippen LogP contribution in [0.15, 0.2) is 4.42 Å². The van der Waals surface area contributed by atoms with Gasteiger partial charge in [-0.05, 0) is 46.5 Å². The van der Waals surface area contributed by atoms with Crippen molar-refractivity contribution >= 4 is 12.1 Å². The van der Waals surface area contributed by atoms with E-state index in [-0.39, 0.29) is 24.2 Å². The molecule has 0 spiro atoms. The van der Waals surface area contributed by atoms with Gasteiger partial charge in [0.05, 0.1) is 6.04 Å². The molecule has 0 aromatic carbocycles. The molecule has 1 aromatic heterocycles. The van der Waals surface area contributed by atoms with Crippen LogP contribution in [0.2, 0.25) is 0 Å². The van der Waals surface area contributed by atoms with Crippen molar-refractivity contribution in [2.75, 3.05) is 26.2 Å². The summed E-state index contributed by atoms with van der Waals surface area (Å²) in [5.41, 5.74) is -0.493. The average Bonchev–Trinajstić information content (AvgIpc) is 3.26. The van der Waals surface area contributed by atoms with Crippen LogP contribution < -0.4 is 5.32 Å². The van der Waals surface area contributed by atoms with Gasteiger partial charge >= 0.3 is 12.1 Å². The number of likely N-dealkylation sites (tertiary alicyclic amines) is 1. The lowest BCUT2D eigenvalue weighted by Gasteiger charge is -2.32. The molecule has 2 N–H and O–H groups in total. The predicted octanol–water partition coefficient (Wildman–Crippen LogP) is 1.93. The van der Waals surface area contributed by atoms with E-state index >= 15 is 0 Å². The lowest BCUT2D eigenvalue weighted by molar-refractivity contribution is -0.0584. The molecule has 31 heavy (non-hydrogen) atoms. The Labute approximate surface area is 181 Å². The van der Waals surface area contributed by atoms with Gasteiger partial charge in [0.25, 0.3) is 0 Å². The number of hydroxylamine groups is 2. The number of piperidine rings is 2. The van der Waals surface area contributed by atoms with Gasteiger partial charge in [0.15, 0.2) is 0 Å². The Bertz CT molecular complexity index is 800. The van der Waals surface area contributed by atoms with Crippen LogP contribution in [0.3, 0.4) is 0 Å². The summed E-state index contributed by atoms with van der Waals surface area (Å²) < 4.78 is 11.2. The Morgan fingerprint density at radius 3 is 2.68 bits per heavy atom. The topological polar surface area (TPSA) is 124 Å². The molecule has 2 bridgehead atoms. The van der Waals surface area contributed by atoms with E-state index in [2.05, 4.69) is 20.4 Å². The van der Waals surface area contributed by atoms with Crippen molar-refractivity contribution in [3.05, 3.63) is 11.8 Å². The molecule has 0 aliphatic carbocycles. The van der Waals surface area contributed by atoms with Gasteiger partial charge in [-0.2, -0.15) is 0 Å². The lowest BCUT2D eigenvalue weighted by Crippen LogP contribution is -2.46. The first-order chi connectivity index (χ1) is 14.7. The molecule has 172 valence electrons. The van der Waals surface area contributed by atoms with Crippen LogP contribution >= 0.6 is 0 Å². The standard InChI is InChI=1S/C20H32N6O5/c1-20(2,3)31-18(27)21-13-6-9-24(10-7-13)11-8-16-22-23-17(30-16)15-5-4-14-12-25(15)19(28)26(14)29/h13-15,29H,4-12H2,1-3H3,(H,21,27). The van der Waals surface area contributed by atoms with Crippen LogP contribution in [-0.2, 0) is 11.2 Å². The fraction of sp³-hybridized carbons (Fsp3) is 0.800. The third-order valence-electron chi connectivity index (χ3n) is 6.06. The van der Waals surface area contributed by atoms with Gasteiger partial charge in [-0.1, -0.05) is 0 Å². The van der Waals surface area contributed by atoms with E-state index < -0.39 is 11.6 Å². The number of nitrogens with zero attached hydrogens (tertiary/aromatic N) is 5. The smallest absolute Gasteiger partial charge is 0.407 e. The molecular weight excluding hydrogens is 404 g/mol. The van der Waals surface area contributed by atoms with Gasteiger partial charge in [0, 0.05) is 38.6 Å². The molecule has 4 heterocycles. The second-order valence-electron chi connectivity index (χ2n) is 9.57. The van der Waals surface area contributed by atoms with Crippen LogP contribution in [0.25, 0.3) is 0 Å². The maximum atomic E-state index is 12.1. The summed E-state index contributed by atoms with van der Waals surface area (Å²) in [6.07, 6.45) is 3.42. The van der Waals surface area contributed by atoms with Crippen LogP contribution in [-0.4, -0.2) is 86.3 Å². The number of amides is 3. The number of ether oxygens (including phenoxy) is 1. The first kappa shape index (κ1) is 21.8. The highest BCUT2D eigenvalue weighted by atomic mass is 16.6. The monoisotopic (exact) mass is 436 g/mol. The number of nitrogens with one attached hydrogen (secondary N) is 1. The number of urea groups is 1. The molecule has 3 fully saturated rings. The molecule has 11 heteroatoms. The molecule has 1 aromatic rings. The second kappa shape index (κ2) is 8.62. The number of carbonyl (C=O) groups excluding carboxylic acids is 2. The number of hydrogen-bond acceptors (Lipinski definition) is 8. The van der Waals surface area contributed by atoms with Crippen LogP contribution in [0, 0.1) is 0 Å². The van der Waals surface area contributed by atoms with E-state index in [4.69, 9.17) is 9.15 Å². The molecule has 11 nitrogen and oxygen atoms in total. The summed E-state index contributed by atoms with van der Waals surface area (Å²) in [4.78, 5) is 28.0. The molecule has 3 aliphatic heterocycles. The number of alkyl carbamates (subject to hydrolysis) is 1. The van der Waals surface area contributed by atoms with Gasteiger partial charge in [0.2, 0.25) is 11.8 Å².